The second-order valence-electron chi connectivity index (χ2n) is 7.73. The van der Waals surface area contributed by atoms with Crippen LogP contribution in [0.5, 0.6) is 5.75 Å². The SMILES string of the molecule is CCc1cc(Nc2nccn3c(-c4ccc(OC(F)F)c(F)c4F)cnc23)ccc1C(=O)NCCN.O=CO. The molecule has 0 aliphatic rings. The van der Waals surface area contributed by atoms with Gasteiger partial charge in [-0.15, -0.1) is 0 Å². The molecule has 0 unspecified atom stereocenters. The molecule has 206 valence electrons. The van der Waals surface area contributed by atoms with E-state index in [1.54, 1.807) is 12.1 Å². The molecular formula is C25H24F4N6O4. The molecule has 0 aliphatic carbocycles. The maximum Gasteiger partial charge on any atom is 0.387 e. The Morgan fingerprint density at radius 3 is 2.62 bits per heavy atom. The Morgan fingerprint density at radius 1 is 1.21 bits per heavy atom. The smallest absolute Gasteiger partial charge is 0.387 e. The molecule has 10 nitrogen and oxygen atoms in total. The first kappa shape index (κ1) is 28.8. The number of aryl methyl sites for hydroxylation is 1. The molecule has 0 atom stereocenters. The zero-order valence-electron chi connectivity index (χ0n) is 20.5. The van der Waals surface area contributed by atoms with Crippen molar-refractivity contribution in [3.8, 4) is 17.0 Å². The summed E-state index contributed by atoms with van der Waals surface area (Å²) >= 11 is 0. The Labute approximate surface area is 219 Å². The van der Waals surface area contributed by atoms with E-state index in [2.05, 4.69) is 25.3 Å². The molecule has 0 bridgehead atoms. The quantitative estimate of drug-likeness (QED) is 0.182. The molecule has 2 aromatic carbocycles. The maximum absolute atomic E-state index is 14.7. The molecule has 0 aliphatic heterocycles. The molecule has 14 heteroatoms. The van der Waals surface area contributed by atoms with Crippen molar-refractivity contribution in [1.82, 2.24) is 19.7 Å². The Balaban J connectivity index is 0.00000134. The predicted molar refractivity (Wildman–Crippen MR) is 134 cm³/mol. The normalized spacial score (nSPS) is 10.6. The van der Waals surface area contributed by atoms with Crippen molar-refractivity contribution in [1.29, 1.82) is 0 Å². The highest BCUT2D eigenvalue weighted by Gasteiger charge is 2.21. The number of rotatable bonds is 9. The van der Waals surface area contributed by atoms with Crippen LogP contribution in [0.15, 0.2) is 48.9 Å². The first-order valence-electron chi connectivity index (χ1n) is 11.5. The number of amides is 1. The number of hydrogen-bond acceptors (Lipinski definition) is 7. The van der Waals surface area contributed by atoms with Crippen molar-refractivity contribution in [3.63, 3.8) is 0 Å². The lowest BCUT2D eigenvalue weighted by Crippen LogP contribution is -2.29. The zero-order chi connectivity index (χ0) is 28.5. The fraction of sp³-hybridized carbons (Fsp3) is 0.200. The molecule has 4 aromatic rings. The molecule has 4 rings (SSSR count). The lowest BCUT2D eigenvalue weighted by molar-refractivity contribution is -0.122. The van der Waals surface area contributed by atoms with E-state index in [1.807, 2.05) is 13.0 Å². The van der Waals surface area contributed by atoms with Crippen LogP contribution in [-0.4, -0.2) is 51.6 Å². The zero-order valence-corrected chi connectivity index (χ0v) is 20.5. The van der Waals surface area contributed by atoms with Crippen LogP contribution >= 0.6 is 0 Å². The van der Waals surface area contributed by atoms with Gasteiger partial charge in [0.05, 0.1) is 11.9 Å². The Kier molecular flexibility index (Phi) is 9.75. The lowest BCUT2D eigenvalue weighted by atomic mass is 10.0. The number of aromatic nitrogens is 3. The van der Waals surface area contributed by atoms with Crippen LogP contribution in [0.25, 0.3) is 16.9 Å². The third-order valence-electron chi connectivity index (χ3n) is 5.39. The number of carboxylic acid groups (broad SMARTS) is 1. The minimum Gasteiger partial charge on any atom is -0.483 e. The van der Waals surface area contributed by atoms with Gasteiger partial charge in [-0.25, -0.2) is 14.4 Å². The minimum absolute atomic E-state index is 0.177. The van der Waals surface area contributed by atoms with E-state index >= 15 is 0 Å². The topological polar surface area (TPSA) is 144 Å². The largest absolute Gasteiger partial charge is 0.483 e. The predicted octanol–water partition coefficient (Wildman–Crippen LogP) is 3.97. The van der Waals surface area contributed by atoms with Crippen LogP contribution in [0.4, 0.5) is 29.1 Å². The number of halogens is 4. The summed E-state index contributed by atoms with van der Waals surface area (Å²) in [6.07, 6.45) is 4.86. The highest BCUT2D eigenvalue weighted by atomic mass is 19.3. The van der Waals surface area contributed by atoms with Crippen molar-refractivity contribution in [2.75, 3.05) is 18.4 Å². The second kappa shape index (κ2) is 13.2. The van der Waals surface area contributed by atoms with Crippen molar-refractivity contribution in [3.05, 3.63) is 71.7 Å². The van der Waals surface area contributed by atoms with E-state index in [-0.39, 0.29) is 23.6 Å². The molecule has 39 heavy (non-hydrogen) atoms. The van der Waals surface area contributed by atoms with Gasteiger partial charge in [0.1, 0.15) is 0 Å². The number of hydrogen-bond donors (Lipinski definition) is 4. The summed E-state index contributed by atoms with van der Waals surface area (Å²) < 4.78 is 59.4. The molecule has 2 aromatic heterocycles. The van der Waals surface area contributed by atoms with Crippen LogP contribution in [0.3, 0.4) is 0 Å². The summed E-state index contributed by atoms with van der Waals surface area (Å²) in [5.74, 6) is -3.67. The number of anilines is 2. The number of benzene rings is 2. The van der Waals surface area contributed by atoms with Gasteiger partial charge in [-0.3, -0.25) is 14.0 Å². The lowest BCUT2D eigenvalue weighted by Gasteiger charge is -2.13. The van der Waals surface area contributed by atoms with E-state index in [1.165, 1.54) is 23.0 Å². The maximum atomic E-state index is 14.7. The first-order chi connectivity index (χ1) is 18.7. The van der Waals surface area contributed by atoms with Crippen molar-refractivity contribution in [2.24, 2.45) is 5.73 Å². The summed E-state index contributed by atoms with van der Waals surface area (Å²) in [7, 11) is 0. The second-order valence-corrected chi connectivity index (χ2v) is 7.73. The first-order valence-corrected chi connectivity index (χ1v) is 11.5. The molecule has 0 fully saturated rings. The molecule has 2 heterocycles. The molecule has 0 spiro atoms. The molecule has 1 amide bonds. The van der Waals surface area contributed by atoms with Crippen LogP contribution in [0.1, 0.15) is 22.8 Å². The number of nitrogens with one attached hydrogen (secondary N) is 2. The van der Waals surface area contributed by atoms with Gasteiger partial charge in [-0.1, -0.05) is 6.92 Å². The van der Waals surface area contributed by atoms with E-state index in [4.69, 9.17) is 15.6 Å². The van der Waals surface area contributed by atoms with Crippen LogP contribution in [0, 0.1) is 11.6 Å². The van der Waals surface area contributed by atoms with Gasteiger partial charge in [-0.05, 0) is 42.3 Å². The fourth-order valence-corrected chi connectivity index (χ4v) is 3.73. The number of nitrogens with two attached hydrogens (primary N) is 1. The fourth-order valence-electron chi connectivity index (χ4n) is 3.73. The van der Waals surface area contributed by atoms with Crippen molar-refractivity contribution in [2.45, 2.75) is 20.0 Å². The van der Waals surface area contributed by atoms with Gasteiger partial charge in [-0.2, -0.15) is 13.2 Å². The van der Waals surface area contributed by atoms with Gasteiger partial charge in [0.15, 0.2) is 23.0 Å². The van der Waals surface area contributed by atoms with E-state index in [0.29, 0.717) is 42.2 Å². The number of alkyl halides is 2. The monoisotopic (exact) mass is 548 g/mol. The summed E-state index contributed by atoms with van der Waals surface area (Å²) in [5, 5.41) is 12.8. The highest BCUT2D eigenvalue weighted by Crippen LogP contribution is 2.32. The van der Waals surface area contributed by atoms with Gasteiger partial charge in [0, 0.05) is 42.3 Å². The van der Waals surface area contributed by atoms with Crippen LogP contribution < -0.4 is 21.1 Å². The number of carbonyl (C=O) groups excluding carboxylic acids is 1. The van der Waals surface area contributed by atoms with E-state index < -0.39 is 24.0 Å². The minimum atomic E-state index is -3.29. The average molecular weight is 548 g/mol. The molecule has 0 saturated heterocycles. The summed E-state index contributed by atoms with van der Waals surface area (Å²) in [6.45, 7) is -0.922. The molecule has 5 N–H and O–H groups in total. The van der Waals surface area contributed by atoms with Crippen molar-refractivity contribution >= 4 is 29.5 Å². The summed E-state index contributed by atoms with van der Waals surface area (Å²) in [5.41, 5.74) is 7.71. The van der Waals surface area contributed by atoms with E-state index in [9.17, 15) is 22.4 Å². The Hall–Kier alpha value is -4.72. The molecule has 0 saturated carbocycles. The van der Waals surface area contributed by atoms with Crippen LogP contribution in [-0.2, 0) is 11.2 Å². The van der Waals surface area contributed by atoms with Crippen LogP contribution in [0.2, 0.25) is 0 Å². The van der Waals surface area contributed by atoms with Crippen molar-refractivity contribution < 1.29 is 37.0 Å². The molecule has 0 radical (unpaired) electrons. The summed E-state index contributed by atoms with van der Waals surface area (Å²) in [6, 6.07) is 7.27. The standard InChI is InChI=1S/C24H22F4N6O2.CH2O2/c1-2-13-11-14(3-4-15(13)23(35)31-8-7-29)33-21-22-32-12-17(34(22)10-9-30-21)16-5-6-18(36-24(27)28)20(26)19(16)25;2-1-3/h3-6,9-12,24H,2,7-8,29H2,1H3,(H,30,33)(H,31,35);1H,(H,2,3). The highest BCUT2D eigenvalue weighted by molar-refractivity contribution is 5.96. The number of fused-ring (bicyclic) bond motifs is 1. The van der Waals surface area contributed by atoms with Gasteiger partial charge in [0.2, 0.25) is 5.82 Å². The van der Waals surface area contributed by atoms with Gasteiger partial charge >= 0.3 is 6.61 Å². The number of ether oxygens (including phenoxy) is 1. The third kappa shape index (κ3) is 6.59. The number of nitrogens with zero attached hydrogens (tertiary/aromatic N) is 3. The number of carbonyl (C=O) groups is 2. The average Bonchev–Trinajstić information content (AvgIpc) is 3.35. The third-order valence-corrected chi connectivity index (χ3v) is 5.39. The Bertz CT molecular complexity index is 1460. The summed E-state index contributed by atoms with van der Waals surface area (Å²) in [4.78, 5) is 29.3. The molecular weight excluding hydrogens is 524 g/mol. The Morgan fingerprint density at radius 2 is 1.95 bits per heavy atom. The number of imidazole rings is 1. The van der Waals surface area contributed by atoms with E-state index in [0.717, 1.165) is 17.7 Å². The van der Waals surface area contributed by atoms with Gasteiger partial charge in [0.25, 0.3) is 12.4 Å². The van der Waals surface area contributed by atoms with Gasteiger partial charge < -0.3 is 26.2 Å².